The van der Waals surface area contributed by atoms with Gasteiger partial charge in [-0.05, 0) is 59.3 Å². The number of nitrogens with two attached hydrogens (primary N) is 1. The van der Waals surface area contributed by atoms with Gasteiger partial charge in [0, 0.05) is 11.3 Å². The van der Waals surface area contributed by atoms with Gasteiger partial charge in [-0.1, -0.05) is 30.3 Å². The Morgan fingerprint density at radius 3 is 2.31 bits per heavy atom. The SMILES string of the molecule is CSCc1ccc(C(=O)Nc2cc(-c3ccc(F)cc3)ccc2N)cc1. The maximum Gasteiger partial charge on any atom is 0.255 e. The Morgan fingerprint density at radius 2 is 1.65 bits per heavy atom. The monoisotopic (exact) mass is 366 g/mol. The number of rotatable bonds is 5. The van der Waals surface area contributed by atoms with Gasteiger partial charge in [0.1, 0.15) is 5.82 Å². The number of thioether (sulfide) groups is 1. The molecule has 0 bridgehead atoms. The van der Waals surface area contributed by atoms with Crippen molar-refractivity contribution in [1.29, 1.82) is 0 Å². The molecule has 3 rings (SSSR count). The molecule has 5 heteroatoms. The minimum Gasteiger partial charge on any atom is -0.397 e. The van der Waals surface area contributed by atoms with Crippen LogP contribution in [0.1, 0.15) is 15.9 Å². The summed E-state index contributed by atoms with van der Waals surface area (Å²) in [4.78, 5) is 12.5. The molecule has 3 N–H and O–H groups in total. The molecule has 0 unspecified atom stereocenters. The first kappa shape index (κ1) is 18.0. The van der Waals surface area contributed by atoms with Gasteiger partial charge >= 0.3 is 0 Å². The molecular formula is C21H19FN2OS. The van der Waals surface area contributed by atoms with Crippen LogP contribution in [0, 0.1) is 5.82 Å². The summed E-state index contributed by atoms with van der Waals surface area (Å²) in [7, 11) is 0. The molecular weight excluding hydrogens is 347 g/mol. The van der Waals surface area contributed by atoms with E-state index in [4.69, 9.17) is 5.73 Å². The fourth-order valence-corrected chi connectivity index (χ4v) is 3.13. The van der Waals surface area contributed by atoms with Gasteiger partial charge in [0.25, 0.3) is 5.91 Å². The smallest absolute Gasteiger partial charge is 0.255 e. The maximum absolute atomic E-state index is 13.1. The van der Waals surface area contributed by atoms with Crippen LogP contribution < -0.4 is 11.1 Å². The number of anilines is 2. The second-order valence-electron chi connectivity index (χ2n) is 5.89. The van der Waals surface area contributed by atoms with Crippen molar-refractivity contribution in [2.45, 2.75) is 5.75 Å². The summed E-state index contributed by atoms with van der Waals surface area (Å²) >= 11 is 1.73. The molecule has 3 nitrogen and oxygen atoms in total. The highest BCUT2D eigenvalue weighted by molar-refractivity contribution is 7.97. The van der Waals surface area contributed by atoms with Crippen LogP contribution in [-0.4, -0.2) is 12.2 Å². The number of benzene rings is 3. The molecule has 0 radical (unpaired) electrons. The number of carbonyl (C=O) groups is 1. The van der Waals surface area contributed by atoms with E-state index in [1.165, 1.54) is 17.7 Å². The predicted octanol–water partition coefficient (Wildman–Crippen LogP) is 5.19. The third-order valence-electron chi connectivity index (χ3n) is 4.01. The molecule has 0 aliphatic heterocycles. The average molecular weight is 366 g/mol. The van der Waals surface area contributed by atoms with Crippen molar-refractivity contribution in [3.05, 3.63) is 83.7 Å². The molecule has 0 saturated carbocycles. The van der Waals surface area contributed by atoms with E-state index < -0.39 is 0 Å². The van der Waals surface area contributed by atoms with Crippen molar-refractivity contribution >= 4 is 29.0 Å². The molecule has 0 spiro atoms. The highest BCUT2D eigenvalue weighted by atomic mass is 32.2. The molecule has 0 aliphatic rings. The second kappa shape index (κ2) is 8.06. The molecule has 0 atom stereocenters. The lowest BCUT2D eigenvalue weighted by atomic mass is 10.0. The van der Waals surface area contributed by atoms with Crippen LogP contribution in [-0.2, 0) is 5.75 Å². The van der Waals surface area contributed by atoms with Crippen LogP contribution in [0.5, 0.6) is 0 Å². The van der Waals surface area contributed by atoms with Crippen molar-refractivity contribution in [3.63, 3.8) is 0 Å². The quantitative estimate of drug-likeness (QED) is 0.611. The minimum absolute atomic E-state index is 0.219. The van der Waals surface area contributed by atoms with Gasteiger partial charge in [-0.25, -0.2) is 4.39 Å². The zero-order valence-corrected chi connectivity index (χ0v) is 15.1. The first-order valence-electron chi connectivity index (χ1n) is 8.11. The number of nitrogens with one attached hydrogen (secondary N) is 1. The van der Waals surface area contributed by atoms with E-state index in [1.54, 1.807) is 48.2 Å². The van der Waals surface area contributed by atoms with Crippen molar-refractivity contribution in [2.75, 3.05) is 17.3 Å². The third-order valence-corrected chi connectivity index (χ3v) is 4.63. The van der Waals surface area contributed by atoms with E-state index in [0.717, 1.165) is 16.9 Å². The Bertz CT molecular complexity index is 908. The lowest BCUT2D eigenvalue weighted by molar-refractivity contribution is 0.102. The standard InChI is InChI=1S/C21H19FN2OS/c1-26-13-14-2-4-16(5-3-14)21(25)24-20-12-17(8-11-19(20)23)15-6-9-18(22)10-7-15/h2-12H,13,23H2,1H3,(H,24,25). The summed E-state index contributed by atoms with van der Waals surface area (Å²) < 4.78 is 13.1. The number of hydrogen-bond acceptors (Lipinski definition) is 3. The first-order chi connectivity index (χ1) is 12.6. The normalized spacial score (nSPS) is 10.5. The van der Waals surface area contributed by atoms with E-state index in [0.29, 0.717) is 16.9 Å². The number of nitrogen functional groups attached to an aromatic ring is 1. The fraction of sp³-hybridized carbons (Fsp3) is 0.0952. The molecule has 0 saturated heterocycles. The Kier molecular flexibility index (Phi) is 5.58. The molecule has 0 heterocycles. The lowest BCUT2D eigenvalue weighted by Crippen LogP contribution is -2.13. The topological polar surface area (TPSA) is 55.1 Å². The summed E-state index contributed by atoms with van der Waals surface area (Å²) in [6.07, 6.45) is 2.04. The molecule has 132 valence electrons. The zero-order chi connectivity index (χ0) is 18.5. The van der Waals surface area contributed by atoms with Crippen LogP contribution in [0.25, 0.3) is 11.1 Å². The van der Waals surface area contributed by atoms with Gasteiger partial charge in [0.2, 0.25) is 0 Å². The van der Waals surface area contributed by atoms with Crippen molar-refractivity contribution in [1.82, 2.24) is 0 Å². The molecule has 3 aromatic rings. The molecule has 26 heavy (non-hydrogen) atoms. The highest BCUT2D eigenvalue weighted by Crippen LogP contribution is 2.28. The fourth-order valence-electron chi connectivity index (χ4n) is 2.60. The third kappa shape index (κ3) is 4.24. The first-order valence-corrected chi connectivity index (χ1v) is 9.51. The number of hydrogen-bond donors (Lipinski definition) is 2. The van der Waals surface area contributed by atoms with Gasteiger partial charge < -0.3 is 11.1 Å². The van der Waals surface area contributed by atoms with E-state index in [1.807, 2.05) is 24.5 Å². The summed E-state index contributed by atoms with van der Waals surface area (Å²) in [5, 5.41) is 2.86. The Hall–Kier alpha value is -2.79. The van der Waals surface area contributed by atoms with Crippen LogP contribution in [0.3, 0.4) is 0 Å². The summed E-state index contributed by atoms with van der Waals surface area (Å²) in [5.74, 6) is 0.403. The van der Waals surface area contributed by atoms with E-state index >= 15 is 0 Å². The predicted molar refractivity (Wildman–Crippen MR) is 108 cm³/mol. The molecule has 0 aromatic heterocycles. The lowest BCUT2D eigenvalue weighted by Gasteiger charge is -2.11. The van der Waals surface area contributed by atoms with E-state index in [2.05, 4.69) is 5.32 Å². The molecule has 0 fully saturated rings. The van der Waals surface area contributed by atoms with Gasteiger partial charge in [-0.15, -0.1) is 0 Å². The average Bonchev–Trinajstić information content (AvgIpc) is 2.65. The Labute approximate surface area is 156 Å². The number of amides is 1. The van der Waals surface area contributed by atoms with Crippen LogP contribution in [0.2, 0.25) is 0 Å². The summed E-state index contributed by atoms with van der Waals surface area (Å²) in [5.41, 5.74) is 10.5. The number of halogens is 1. The largest absolute Gasteiger partial charge is 0.397 e. The van der Waals surface area contributed by atoms with Crippen LogP contribution in [0.15, 0.2) is 66.7 Å². The van der Waals surface area contributed by atoms with Gasteiger partial charge in [0.05, 0.1) is 11.4 Å². The molecule has 1 amide bonds. The van der Waals surface area contributed by atoms with Crippen LogP contribution in [0.4, 0.5) is 15.8 Å². The Balaban J connectivity index is 1.81. The summed E-state index contributed by atoms with van der Waals surface area (Å²) in [6, 6.07) is 19.1. The van der Waals surface area contributed by atoms with Crippen molar-refractivity contribution in [2.24, 2.45) is 0 Å². The van der Waals surface area contributed by atoms with Gasteiger partial charge in [-0.2, -0.15) is 11.8 Å². The molecule has 3 aromatic carbocycles. The van der Waals surface area contributed by atoms with Crippen LogP contribution >= 0.6 is 11.8 Å². The second-order valence-corrected chi connectivity index (χ2v) is 6.76. The minimum atomic E-state index is -0.289. The van der Waals surface area contributed by atoms with Crippen molar-refractivity contribution < 1.29 is 9.18 Å². The van der Waals surface area contributed by atoms with E-state index in [-0.39, 0.29) is 11.7 Å². The Morgan fingerprint density at radius 1 is 1.00 bits per heavy atom. The van der Waals surface area contributed by atoms with Crippen molar-refractivity contribution in [3.8, 4) is 11.1 Å². The summed E-state index contributed by atoms with van der Waals surface area (Å²) in [6.45, 7) is 0. The van der Waals surface area contributed by atoms with Gasteiger partial charge in [0.15, 0.2) is 0 Å². The molecule has 0 aliphatic carbocycles. The number of carbonyl (C=O) groups excluding carboxylic acids is 1. The zero-order valence-electron chi connectivity index (χ0n) is 14.3. The highest BCUT2D eigenvalue weighted by Gasteiger charge is 2.10. The van der Waals surface area contributed by atoms with E-state index in [9.17, 15) is 9.18 Å². The van der Waals surface area contributed by atoms with Gasteiger partial charge in [-0.3, -0.25) is 4.79 Å². The maximum atomic E-state index is 13.1.